The fraction of sp³-hybridized carbons (Fsp3) is 0. The number of aliphatic imine (C=N–C) groups is 1. The first-order valence-corrected chi connectivity index (χ1v) is 5.78. The van der Waals surface area contributed by atoms with Gasteiger partial charge in [0.05, 0.1) is 0 Å². The lowest BCUT2D eigenvalue weighted by Crippen LogP contribution is -2.25. The third-order valence-corrected chi connectivity index (χ3v) is 2.99. The van der Waals surface area contributed by atoms with Crippen LogP contribution in [-0.4, -0.2) is 15.2 Å². The van der Waals surface area contributed by atoms with Crippen LogP contribution in [0.4, 0.5) is 5.82 Å². The molecule has 0 unspecified atom stereocenters. The molecule has 6 nitrogen and oxygen atoms in total. The van der Waals surface area contributed by atoms with Crippen molar-refractivity contribution < 1.29 is 4.98 Å². The van der Waals surface area contributed by atoms with E-state index in [9.17, 15) is 4.79 Å². The van der Waals surface area contributed by atoms with Gasteiger partial charge in [0.2, 0.25) is 5.36 Å². The summed E-state index contributed by atoms with van der Waals surface area (Å²) in [7, 11) is 0. The molecule has 1 N–H and O–H groups in total. The first-order chi connectivity index (χ1) is 9.33. The fourth-order valence-electron chi connectivity index (χ4n) is 2.11. The van der Waals surface area contributed by atoms with Gasteiger partial charge in [-0.25, -0.2) is 19.8 Å². The summed E-state index contributed by atoms with van der Waals surface area (Å²) >= 11 is 0. The molecule has 6 heteroatoms. The molecular weight excluding hydrogens is 242 g/mol. The van der Waals surface area contributed by atoms with Crippen LogP contribution in [0.3, 0.4) is 0 Å². The second kappa shape index (κ2) is 3.55. The van der Waals surface area contributed by atoms with Gasteiger partial charge in [0, 0.05) is 5.56 Å². The van der Waals surface area contributed by atoms with E-state index >= 15 is 0 Å². The molecule has 0 amide bonds. The van der Waals surface area contributed by atoms with Crippen LogP contribution in [0.5, 0.6) is 0 Å². The van der Waals surface area contributed by atoms with Gasteiger partial charge in [0.25, 0.3) is 0 Å². The summed E-state index contributed by atoms with van der Waals surface area (Å²) in [4.78, 5) is 27.5. The van der Waals surface area contributed by atoms with Crippen LogP contribution in [0.2, 0.25) is 0 Å². The van der Waals surface area contributed by atoms with E-state index in [2.05, 4.69) is 20.0 Å². The molecule has 1 aliphatic heterocycles. The number of fused-ring (bicyclic) bond motifs is 3. The number of H-pyrrole nitrogens is 1. The van der Waals surface area contributed by atoms with Gasteiger partial charge in [-0.2, -0.15) is 0 Å². The Balaban J connectivity index is 2.02. The van der Waals surface area contributed by atoms with E-state index in [1.807, 2.05) is 30.3 Å². The Labute approximate surface area is 106 Å². The van der Waals surface area contributed by atoms with Crippen molar-refractivity contribution in [1.82, 2.24) is 9.38 Å². The maximum atomic E-state index is 11.8. The van der Waals surface area contributed by atoms with Crippen LogP contribution >= 0.6 is 0 Å². The predicted octanol–water partition coefficient (Wildman–Crippen LogP) is -0.0610. The van der Waals surface area contributed by atoms with Crippen molar-refractivity contribution in [3.05, 3.63) is 64.1 Å². The zero-order valence-electron chi connectivity index (χ0n) is 9.74. The molecule has 19 heavy (non-hydrogen) atoms. The number of nitrogens with one attached hydrogen (secondary N) is 1. The summed E-state index contributed by atoms with van der Waals surface area (Å²) in [6.45, 7) is 0. The molecule has 0 bridgehead atoms. The highest BCUT2D eigenvalue weighted by molar-refractivity contribution is 6.02. The molecule has 0 saturated carbocycles. The van der Waals surface area contributed by atoms with Crippen LogP contribution in [0.15, 0.2) is 57.5 Å². The van der Waals surface area contributed by atoms with Gasteiger partial charge in [-0.15, -0.1) is 9.38 Å². The molecule has 0 spiro atoms. The van der Waals surface area contributed by atoms with E-state index in [0.29, 0.717) is 22.7 Å². The molecule has 3 heterocycles. The number of nitrogens with zero attached hydrogens (tertiary/aromatic N) is 4. The molecule has 2 aromatic heterocycles. The summed E-state index contributed by atoms with van der Waals surface area (Å²) < 4.78 is 1.42. The standard InChI is InChI=1S/C13H7N5O/c19-13-17-11-9(12-14-6-7-18(12)13)15-10(16-11)8-4-2-1-3-5-8/h1-7H/p+1. The number of amidine groups is 1. The van der Waals surface area contributed by atoms with Crippen molar-refractivity contribution in [2.75, 3.05) is 0 Å². The highest BCUT2D eigenvalue weighted by Gasteiger charge is 2.20. The minimum Gasteiger partial charge on any atom is -0.241 e. The summed E-state index contributed by atoms with van der Waals surface area (Å²) in [6.07, 6.45) is 3.30. The van der Waals surface area contributed by atoms with Crippen molar-refractivity contribution in [1.29, 1.82) is 0 Å². The smallest absolute Gasteiger partial charge is 0.241 e. The van der Waals surface area contributed by atoms with E-state index in [1.165, 1.54) is 4.40 Å². The van der Waals surface area contributed by atoms with Crippen molar-refractivity contribution in [3.63, 3.8) is 0 Å². The molecular formula is C13H8N5O+. The van der Waals surface area contributed by atoms with E-state index in [1.54, 1.807) is 12.4 Å². The van der Waals surface area contributed by atoms with Gasteiger partial charge in [-0.05, 0) is 0 Å². The first-order valence-electron chi connectivity index (χ1n) is 5.78. The quantitative estimate of drug-likeness (QED) is 0.607. The Morgan fingerprint density at radius 1 is 1.11 bits per heavy atom. The molecule has 0 saturated heterocycles. The van der Waals surface area contributed by atoms with Crippen molar-refractivity contribution >= 4 is 17.3 Å². The number of benzene rings is 1. The predicted molar refractivity (Wildman–Crippen MR) is 67.4 cm³/mol. The maximum absolute atomic E-state index is 11.8. The Kier molecular flexibility index (Phi) is 1.88. The lowest BCUT2D eigenvalue weighted by molar-refractivity contribution is -0.344. The summed E-state index contributed by atoms with van der Waals surface area (Å²) in [5, 5.41) is 0.600. The van der Waals surface area contributed by atoms with Crippen molar-refractivity contribution in [3.8, 4) is 0 Å². The number of rotatable bonds is 1. The molecule has 0 atom stereocenters. The molecule has 0 fully saturated rings. The first kappa shape index (κ1) is 10.1. The zero-order valence-corrected chi connectivity index (χ0v) is 9.74. The van der Waals surface area contributed by atoms with Crippen LogP contribution < -0.4 is 16.0 Å². The van der Waals surface area contributed by atoms with Crippen LogP contribution in [0.1, 0.15) is 5.56 Å². The summed E-state index contributed by atoms with van der Waals surface area (Å²) in [6, 6.07) is 9.61. The number of imidazole rings is 1. The summed E-state index contributed by atoms with van der Waals surface area (Å²) in [5.74, 6) is 0.941. The fourth-order valence-corrected chi connectivity index (χ4v) is 2.11. The molecule has 1 aromatic carbocycles. The number of hydrogen-bond donors (Lipinski definition) is 0. The second-order valence-corrected chi connectivity index (χ2v) is 4.16. The van der Waals surface area contributed by atoms with Crippen LogP contribution in [0, 0.1) is 0 Å². The van der Waals surface area contributed by atoms with E-state index < -0.39 is 0 Å². The lowest BCUT2D eigenvalue weighted by Gasteiger charge is -1.94. The van der Waals surface area contributed by atoms with Gasteiger partial charge in [-0.3, -0.25) is 0 Å². The largest absolute Gasteiger partial charge is 0.441 e. The van der Waals surface area contributed by atoms with Gasteiger partial charge in [0.15, 0.2) is 11.7 Å². The Bertz CT molecular complexity index is 927. The minimum atomic E-state index is -0.358. The van der Waals surface area contributed by atoms with Gasteiger partial charge >= 0.3 is 11.3 Å². The van der Waals surface area contributed by atoms with Crippen molar-refractivity contribution in [2.45, 2.75) is 0 Å². The number of aromatic amines is 1. The van der Waals surface area contributed by atoms with Crippen molar-refractivity contribution in [2.24, 2.45) is 9.98 Å². The number of aromatic nitrogens is 3. The minimum absolute atomic E-state index is 0.358. The van der Waals surface area contributed by atoms with Gasteiger partial charge < -0.3 is 0 Å². The molecule has 1 aliphatic rings. The average Bonchev–Trinajstić information content (AvgIpc) is 3.05. The van der Waals surface area contributed by atoms with E-state index in [0.717, 1.165) is 5.56 Å². The highest BCUT2D eigenvalue weighted by Crippen LogP contribution is 2.12. The molecule has 90 valence electrons. The second-order valence-electron chi connectivity index (χ2n) is 4.16. The van der Waals surface area contributed by atoms with Gasteiger partial charge in [0.1, 0.15) is 12.4 Å². The monoisotopic (exact) mass is 250 g/mol. The molecule has 0 radical (unpaired) electrons. The van der Waals surface area contributed by atoms with Crippen LogP contribution in [0.25, 0.3) is 5.65 Å². The SMILES string of the molecule is O=c1nc2c(c3[nH+]ccn13)=NC(c1ccccc1)=N2. The van der Waals surface area contributed by atoms with Crippen LogP contribution in [-0.2, 0) is 0 Å². The highest BCUT2D eigenvalue weighted by atomic mass is 16.1. The van der Waals surface area contributed by atoms with E-state index in [4.69, 9.17) is 0 Å². The Morgan fingerprint density at radius 3 is 2.79 bits per heavy atom. The summed E-state index contributed by atoms with van der Waals surface area (Å²) in [5.41, 5.74) is 1.16. The maximum Gasteiger partial charge on any atom is 0.441 e. The van der Waals surface area contributed by atoms with Gasteiger partial charge in [-0.1, -0.05) is 30.3 Å². The topological polar surface area (TPSA) is 73.2 Å². The Morgan fingerprint density at radius 2 is 1.95 bits per heavy atom. The molecule has 3 aromatic rings. The Hall–Kier alpha value is -2.89. The van der Waals surface area contributed by atoms with E-state index in [-0.39, 0.29) is 5.69 Å². The lowest BCUT2D eigenvalue weighted by atomic mass is 10.2. The molecule has 0 aliphatic carbocycles. The third-order valence-electron chi connectivity index (χ3n) is 2.99. The zero-order chi connectivity index (χ0) is 12.8. The average molecular weight is 250 g/mol. The normalized spacial score (nSPS) is 13.2. The number of hydrogen-bond acceptors (Lipinski definition) is 4. The third kappa shape index (κ3) is 1.40. The molecule has 4 rings (SSSR count).